The zero-order valence-electron chi connectivity index (χ0n) is 16.3. The van der Waals surface area contributed by atoms with Crippen LogP contribution in [0.3, 0.4) is 0 Å². The van der Waals surface area contributed by atoms with Crippen LogP contribution in [0.1, 0.15) is 28.4 Å². The van der Waals surface area contributed by atoms with Crippen LogP contribution in [0.25, 0.3) is 5.82 Å². The van der Waals surface area contributed by atoms with E-state index in [-0.39, 0.29) is 0 Å². The number of aromatic nitrogens is 5. The summed E-state index contributed by atoms with van der Waals surface area (Å²) in [4.78, 5) is 4.71. The Bertz CT molecular complexity index is 901. The second-order valence-electron chi connectivity index (χ2n) is 7.15. The van der Waals surface area contributed by atoms with Crippen LogP contribution in [0.5, 0.6) is 0 Å². The van der Waals surface area contributed by atoms with Gasteiger partial charge in [0.1, 0.15) is 5.76 Å². The van der Waals surface area contributed by atoms with Crippen LogP contribution in [0.2, 0.25) is 0 Å². The summed E-state index contributed by atoms with van der Waals surface area (Å²) in [7, 11) is 0. The van der Waals surface area contributed by atoms with Crippen molar-refractivity contribution in [3.63, 3.8) is 0 Å². The molecule has 4 rings (SSSR count). The van der Waals surface area contributed by atoms with Gasteiger partial charge in [-0.2, -0.15) is 5.10 Å². The lowest BCUT2D eigenvalue weighted by Gasteiger charge is -2.35. The molecular weight excluding hydrogens is 342 g/mol. The van der Waals surface area contributed by atoms with Gasteiger partial charge in [0, 0.05) is 44.0 Å². The van der Waals surface area contributed by atoms with Crippen molar-refractivity contribution in [3.05, 3.63) is 46.6 Å². The Balaban J connectivity index is 1.39. The van der Waals surface area contributed by atoms with Gasteiger partial charge in [0.15, 0.2) is 11.6 Å². The third-order valence-corrected chi connectivity index (χ3v) is 5.12. The van der Waals surface area contributed by atoms with Gasteiger partial charge in [-0.15, -0.1) is 10.2 Å². The smallest absolute Gasteiger partial charge is 0.176 e. The molecule has 3 aromatic rings. The highest BCUT2D eigenvalue weighted by atomic mass is 16.5. The molecule has 0 N–H and O–H groups in total. The van der Waals surface area contributed by atoms with Gasteiger partial charge < -0.3 is 9.42 Å². The molecule has 1 aliphatic rings. The first-order valence-corrected chi connectivity index (χ1v) is 9.27. The van der Waals surface area contributed by atoms with Crippen molar-refractivity contribution in [1.82, 2.24) is 30.0 Å². The normalized spacial score (nSPS) is 15.5. The molecule has 0 aliphatic carbocycles. The maximum absolute atomic E-state index is 5.27. The predicted molar refractivity (Wildman–Crippen MR) is 102 cm³/mol. The first kappa shape index (κ1) is 17.7. The maximum atomic E-state index is 5.27. The molecular formula is C19H25N7O. The molecule has 8 heteroatoms. The minimum absolute atomic E-state index is 0.751. The molecule has 0 aromatic carbocycles. The van der Waals surface area contributed by atoms with E-state index < -0.39 is 0 Å². The molecule has 0 radical (unpaired) electrons. The molecule has 1 fully saturated rings. The van der Waals surface area contributed by atoms with Crippen LogP contribution in [-0.4, -0.2) is 56.2 Å². The van der Waals surface area contributed by atoms with Crippen molar-refractivity contribution >= 4 is 5.82 Å². The standard InChI is InChI=1S/C19H25N7O/c1-13-11-14(2)26(22-13)19-6-5-18(20-21-19)25-9-7-24(8-10-25)12-17-15(3)23-27-16(17)4/h5-6,11H,7-10,12H2,1-4H3. The molecule has 0 unspecified atom stereocenters. The molecule has 142 valence electrons. The van der Waals surface area contributed by atoms with E-state index in [0.717, 1.165) is 67.2 Å². The van der Waals surface area contributed by atoms with Crippen LogP contribution in [0.4, 0.5) is 5.82 Å². The van der Waals surface area contributed by atoms with Crippen LogP contribution in [-0.2, 0) is 6.54 Å². The molecule has 0 amide bonds. The number of piperazine rings is 1. The van der Waals surface area contributed by atoms with Crippen molar-refractivity contribution in [2.75, 3.05) is 31.1 Å². The Labute approximate surface area is 158 Å². The van der Waals surface area contributed by atoms with Crippen LogP contribution in [0.15, 0.2) is 22.7 Å². The SMILES string of the molecule is Cc1cc(C)n(-c2ccc(N3CCN(Cc4c(C)noc4C)CC3)nn2)n1. The van der Waals surface area contributed by atoms with Crippen LogP contribution < -0.4 is 4.90 Å². The molecule has 0 saturated carbocycles. The fourth-order valence-electron chi connectivity index (χ4n) is 3.55. The Hall–Kier alpha value is -2.74. The second-order valence-corrected chi connectivity index (χ2v) is 7.15. The number of aryl methyl sites for hydroxylation is 4. The van der Waals surface area contributed by atoms with Crippen molar-refractivity contribution in [1.29, 1.82) is 0 Å². The Morgan fingerprint density at radius 1 is 0.963 bits per heavy atom. The highest BCUT2D eigenvalue weighted by molar-refractivity contribution is 5.40. The Kier molecular flexibility index (Phi) is 4.65. The fraction of sp³-hybridized carbons (Fsp3) is 0.474. The minimum Gasteiger partial charge on any atom is -0.361 e. The van der Waals surface area contributed by atoms with E-state index in [0.29, 0.717) is 0 Å². The van der Waals surface area contributed by atoms with Crippen molar-refractivity contribution in [2.45, 2.75) is 34.2 Å². The summed E-state index contributed by atoms with van der Waals surface area (Å²) in [6.07, 6.45) is 0. The number of rotatable bonds is 4. The molecule has 3 aromatic heterocycles. The third kappa shape index (κ3) is 3.57. The molecule has 1 saturated heterocycles. The number of hydrogen-bond acceptors (Lipinski definition) is 7. The average molecular weight is 367 g/mol. The lowest BCUT2D eigenvalue weighted by atomic mass is 10.2. The molecule has 0 bridgehead atoms. The van der Waals surface area contributed by atoms with Crippen molar-refractivity contribution in [3.8, 4) is 5.82 Å². The number of anilines is 1. The van der Waals surface area contributed by atoms with E-state index in [1.165, 1.54) is 5.56 Å². The van der Waals surface area contributed by atoms with E-state index in [4.69, 9.17) is 4.52 Å². The van der Waals surface area contributed by atoms with E-state index in [2.05, 4.69) is 30.3 Å². The first-order chi connectivity index (χ1) is 13.0. The topological polar surface area (TPSA) is 76.1 Å². The Morgan fingerprint density at radius 3 is 2.22 bits per heavy atom. The van der Waals surface area contributed by atoms with E-state index in [1.54, 1.807) is 0 Å². The molecule has 27 heavy (non-hydrogen) atoms. The zero-order valence-corrected chi connectivity index (χ0v) is 16.3. The predicted octanol–water partition coefficient (Wildman–Crippen LogP) is 2.21. The van der Waals surface area contributed by atoms with Crippen LogP contribution in [0, 0.1) is 27.7 Å². The molecule has 8 nitrogen and oxygen atoms in total. The van der Waals surface area contributed by atoms with Gasteiger partial charge in [-0.1, -0.05) is 5.16 Å². The summed E-state index contributed by atoms with van der Waals surface area (Å²) in [6, 6.07) is 6.05. The molecule has 1 aliphatic heterocycles. The zero-order chi connectivity index (χ0) is 19.0. The van der Waals surface area contributed by atoms with Crippen LogP contribution >= 0.6 is 0 Å². The van der Waals surface area contributed by atoms with Crippen molar-refractivity contribution < 1.29 is 4.52 Å². The summed E-state index contributed by atoms with van der Waals surface area (Å²) in [5, 5.41) is 17.3. The summed E-state index contributed by atoms with van der Waals surface area (Å²) in [6.45, 7) is 12.7. The first-order valence-electron chi connectivity index (χ1n) is 9.27. The summed E-state index contributed by atoms with van der Waals surface area (Å²) < 4.78 is 7.10. The van der Waals surface area contributed by atoms with Gasteiger partial charge >= 0.3 is 0 Å². The maximum Gasteiger partial charge on any atom is 0.176 e. The minimum atomic E-state index is 0.751. The van der Waals surface area contributed by atoms with Gasteiger partial charge in [-0.05, 0) is 45.9 Å². The van der Waals surface area contributed by atoms with E-state index >= 15 is 0 Å². The van der Waals surface area contributed by atoms with E-state index in [1.807, 2.05) is 50.6 Å². The fourth-order valence-corrected chi connectivity index (χ4v) is 3.55. The third-order valence-electron chi connectivity index (χ3n) is 5.12. The van der Waals surface area contributed by atoms with Crippen molar-refractivity contribution in [2.24, 2.45) is 0 Å². The Morgan fingerprint density at radius 2 is 1.67 bits per heavy atom. The molecule has 0 atom stereocenters. The summed E-state index contributed by atoms with van der Waals surface area (Å²) >= 11 is 0. The second kappa shape index (κ2) is 7.11. The highest BCUT2D eigenvalue weighted by Crippen LogP contribution is 2.19. The largest absolute Gasteiger partial charge is 0.361 e. The molecule has 0 spiro atoms. The van der Waals surface area contributed by atoms with Gasteiger partial charge in [0.25, 0.3) is 0 Å². The van der Waals surface area contributed by atoms with Gasteiger partial charge in [0.2, 0.25) is 0 Å². The quantitative estimate of drug-likeness (QED) is 0.700. The highest BCUT2D eigenvalue weighted by Gasteiger charge is 2.21. The lowest BCUT2D eigenvalue weighted by Crippen LogP contribution is -2.46. The van der Waals surface area contributed by atoms with Gasteiger partial charge in [-0.3, -0.25) is 4.90 Å². The lowest BCUT2D eigenvalue weighted by molar-refractivity contribution is 0.247. The number of nitrogens with zero attached hydrogens (tertiary/aromatic N) is 7. The van der Waals surface area contributed by atoms with E-state index in [9.17, 15) is 0 Å². The summed E-state index contributed by atoms with van der Waals surface area (Å²) in [5.41, 5.74) is 4.23. The monoisotopic (exact) mass is 367 g/mol. The number of hydrogen-bond donors (Lipinski definition) is 0. The molecule has 4 heterocycles. The average Bonchev–Trinajstić information content (AvgIpc) is 3.18. The van der Waals surface area contributed by atoms with Gasteiger partial charge in [0.05, 0.1) is 11.4 Å². The van der Waals surface area contributed by atoms with Gasteiger partial charge in [-0.25, -0.2) is 4.68 Å². The summed E-state index contributed by atoms with van der Waals surface area (Å²) in [5.74, 6) is 2.58.